The molecule has 0 fully saturated rings. The van der Waals surface area contributed by atoms with Crippen LogP contribution in [0.4, 0.5) is 4.79 Å². The van der Waals surface area contributed by atoms with E-state index in [1.165, 1.54) is 6.92 Å². The summed E-state index contributed by atoms with van der Waals surface area (Å²) in [5.41, 5.74) is -0.514. The highest BCUT2D eigenvalue weighted by atomic mass is 16.6. The minimum Gasteiger partial charge on any atom is -0.463 e. The number of alkyl carbamates (subject to hydrolysis) is 1. The molecule has 0 spiro atoms. The zero-order chi connectivity index (χ0) is 14.2. The molecule has 106 valence electrons. The predicted octanol–water partition coefficient (Wildman–Crippen LogP) is 1.48. The quantitative estimate of drug-likeness (QED) is 0.579. The van der Waals surface area contributed by atoms with Crippen LogP contribution in [0.1, 0.15) is 34.6 Å². The lowest BCUT2D eigenvalue weighted by Crippen LogP contribution is -2.40. The molecular weight excluding hydrogens is 238 g/mol. The first-order chi connectivity index (χ1) is 8.20. The third-order valence-electron chi connectivity index (χ3n) is 1.66. The summed E-state index contributed by atoms with van der Waals surface area (Å²) in [6, 6.07) is -0.169. The Morgan fingerprint density at radius 2 is 1.83 bits per heavy atom. The molecule has 1 amide bonds. The first-order valence-corrected chi connectivity index (χ1v) is 5.91. The normalized spacial score (nSPS) is 12.7. The lowest BCUT2D eigenvalue weighted by Gasteiger charge is -2.21. The van der Waals surface area contributed by atoms with E-state index in [2.05, 4.69) is 5.32 Å². The van der Waals surface area contributed by atoms with Gasteiger partial charge in [0.05, 0.1) is 19.3 Å². The van der Waals surface area contributed by atoms with Crippen LogP contribution in [0.25, 0.3) is 0 Å². The van der Waals surface area contributed by atoms with E-state index in [0.717, 1.165) is 0 Å². The van der Waals surface area contributed by atoms with Gasteiger partial charge in [0.2, 0.25) is 0 Å². The van der Waals surface area contributed by atoms with Crippen molar-refractivity contribution in [3.63, 3.8) is 0 Å². The van der Waals surface area contributed by atoms with E-state index in [0.29, 0.717) is 13.2 Å². The summed E-state index contributed by atoms with van der Waals surface area (Å²) in [4.78, 5) is 21.9. The number of hydrogen-bond donors (Lipinski definition) is 1. The molecule has 0 rings (SSSR count). The largest absolute Gasteiger partial charge is 0.463 e. The molecule has 0 aliphatic heterocycles. The molecule has 1 N–H and O–H groups in total. The van der Waals surface area contributed by atoms with Gasteiger partial charge in [-0.1, -0.05) is 0 Å². The average Bonchev–Trinajstić information content (AvgIpc) is 2.12. The standard InChI is InChI=1S/C12H23NO5/c1-9(8-16-6-7-17-10(2)14)13-11(15)18-12(3,4)5/h9H,6-8H2,1-5H3,(H,13,15)/t9-/m1/s1. The van der Waals surface area contributed by atoms with Gasteiger partial charge in [0.1, 0.15) is 12.2 Å². The highest BCUT2D eigenvalue weighted by Crippen LogP contribution is 2.06. The Morgan fingerprint density at radius 3 is 2.33 bits per heavy atom. The first-order valence-electron chi connectivity index (χ1n) is 5.91. The molecule has 0 saturated carbocycles. The Balaban J connectivity index is 3.62. The topological polar surface area (TPSA) is 73.9 Å². The molecule has 0 radical (unpaired) electrons. The van der Waals surface area contributed by atoms with Crippen molar-refractivity contribution in [3.05, 3.63) is 0 Å². The van der Waals surface area contributed by atoms with E-state index in [4.69, 9.17) is 14.2 Å². The summed E-state index contributed by atoms with van der Waals surface area (Å²) in [7, 11) is 0. The van der Waals surface area contributed by atoms with Gasteiger partial charge in [-0.15, -0.1) is 0 Å². The van der Waals surface area contributed by atoms with Crippen molar-refractivity contribution in [2.45, 2.75) is 46.3 Å². The Labute approximate surface area is 108 Å². The number of esters is 1. The van der Waals surface area contributed by atoms with Crippen molar-refractivity contribution in [1.82, 2.24) is 5.32 Å². The molecule has 6 heteroatoms. The number of hydrogen-bond acceptors (Lipinski definition) is 5. The van der Waals surface area contributed by atoms with Gasteiger partial charge in [-0.2, -0.15) is 0 Å². The third-order valence-corrected chi connectivity index (χ3v) is 1.66. The second-order valence-corrected chi connectivity index (χ2v) is 4.96. The second-order valence-electron chi connectivity index (χ2n) is 4.96. The average molecular weight is 261 g/mol. The predicted molar refractivity (Wildman–Crippen MR) is 66.3 cm³/mol. The van der Waals surface area contributed by atoms with Gasteiger partial charge in [-0.25, -0.2) is 4.79 Å². The number of nitrogens with one attached hydrogen (secondary N) is 1. The van der Waals surface area contributed by atoms with Crippen LogP contribution >= 0.6 is 0 Å². The molecule has 18 heavy (non-hydrogen) atoms. The number of carbonyl (C=O) groups excluding carboxylic acids is 2. The van der Waals surface area contributed by atoms with Crippen LogP contribution in [0.15, 0.2) is 0 Å². The zero-order valence-electron chi connectivity index (χ0n) is 11.7. The molecule has 0 aliphatic rings. The molecular formula is C12H23NO5. The van der Waals surface area contributed by atoms with Crippen LogP contribution in [0.3, 0.4) is 0 Å². The van der Waals surface area contributed by atoms with Crippen LogP contribution in [0.5, 0.6) is 0 Å². The summed E-state index contributed by atoms with van der Waals surface area (Å²) in [6.45, 7) is 9.39. The van der Waals surface area contributed by atoms with Crippen LogP contribution in [-0.2, 0) is 19.0 Å². The summed E-state index contributed by atoms with van der Waals surface area (Å²) < 4.78 is 15.0. The Bertz CT molecular complexity index is 272. The van der Waals surface area contributed by atoms with Crippen LogP contribution in [-0.4, -0.2) is 43.5 Å². The van der Waals surface area contributed by atoms with Gasteiger partial charge in [0.25, 0.3) is 0 Å². The first kappa shape index (κ1) is 16.7. The number of amides is 1. The third kappa shape index (κ3) is 11.2. The van der Waals surface area contributed by atoms with Gasteiger partial charge in [0, 0.05) is 6.92 Å². The maximum Gasteiger partial charge on any atom is 0.407 e. The Hall–Kier alpha value is -1.30. The van der Waals surface area contributed by atoms with Crippen molar-refractivity contribution in [1.29, 1.82) is 0 Å². The highest BCUT2D eigenvalue weighted by Gasteiger charge is 2.17. The van der Waals surface area contributed by atoms with Gasteiger partial charge in [0.15, 0.2) is 0 Å². The maximum absolute atomic E-state index is 11.4. The van der Waals surface area contributed by atoms with Crippen molar-refractivity contribution < 1.29 is 23.8 Å². The van der Waals surface area contributed by atoms with E-state index in [-0.39, 0.29) is 18.6 Å². The van der Waals surface area contributed by atoms with Gasteiger partial charge in [-0.3, -0.25) is 4.79 Å². The Morgan fingerprint density at radius 1 is 1.22 bits per heavy atom. The molecule has 0 saturated heterocycles. The summed E-state index contributed by atoms with van der Waals surface area (Å²) in [6.07, 6.45) is -0.474. The lowest BCUT2D eigenvalue weighted by atomic mass is 10.2. The molecule has 0 aromatic rings. The molecule has 0 unspecified atom stereocenters. The fourth-order valence-corrected chi connectivity index (χ4v) is 1.05. The summed E-state index contributed by atoms with van der Waals surface area (Å²) in [5.74, 6) is -0.335. The van der Waals surface area contributed by atoms with Gasteiger partial charge in [-0.05, 0) is 27.7 Å². The van der Waals surface area contributed by atoms with Crippen LogP contribution in [0, 0.1) is 0 Å². The number of rotatable bonds is 6. The van der Waals surface area contributed by atoms with Crippen LogP contribution < -0.4 is 5.32 Å². The fourth-order valence-electron chi connectivity index (χ4n) is 1.05. The molecule has 6 nitrogen and oxygen atoms in total. The van der Waals surface area contributed by atoms with Crippen molar-refractivity contribution in [2.75, 3.05) is 19.8 Å². The smallest absolute Gasteiger partial charge is 0.407 e. The summed E-state index contributed by atoms with van der Waals surface area (Å²) >= 11 is 0. The molecule has 0 heterocycles. The van der Waals surface area contributed by atoms with E-state index in [1.54, 1.807) is 27.7 Å². The minimum absolute atomic E-state index is 0.169. The van der Waals surface area contributed by atoms with Crippen molar-refractivity contribution >= 4 is 12.1 Å². The highest BCUT2D eigenvalue weighted by molar-refractivity contribution is 5.68. The molecule has 0 aromatic carbocycles. The lowest BCUT2D eigenvalue weighted by molar-refractivity contribution is -0.142. The number of carbonyl (C=O) groups is 2. The van der Waals surface area contributed by atoms with E-state index < -0.39 is 11.7 Å². The van der Waals surface area contributed by atoms with Crippen molar-refractivity contribution in [2.24, 2.45) is 0 Å². The van der Waals surface area contributed by atoms with Gasteiger partial charge >= 0.3 is 12.1 Å². The SMILES string of the molecule is CC(=O)OCCOC[C@@H](C)NC(=O)OC(C)(C)C. The molecule has 0 aliphatic carbocycles. The minimum atomic E-state index is -0.514. The van der Waals surface area contributed by atoms with Crippen LogP contribution in [0.2, 0.25) is 0 Å². The monoisotopic (exact) mass is 261 g/mol. The molecule has 0 bridgehead atoms. The van der Waals surface area contributed by atoms with E-state index >= 15 is 0 Å². The molecule has 1 atom stereocenters. The zero-order valence-corrected chi connectivity index (χ0v) is 11.7. The number of ether oxygens (including phenoxy) is 3. The van der Waals surface area contributed by atoms with E-state index in [9.17, 15) is 9.59 Å². The maximum atomic E-state index is 11.4. The Kier molecular flexibility index (Phi) is 7.35. The van der Waals surface area contributed by atoms with Gasteiger partial charge < -0.3 is 19.5 Å². The molecule has 0 aromatic heterocycles. The summed E-state index contributed by atoms with van der Waals surface area (Å²) in [5, 5.41) is 2.64. The van der Waals surface area contributed by atoms with E-state index in [1.807, 2.05) is 0 Å². The fraction of sp³-hybridized carbons (Fsp3) is 0.833. The second kappa shape index (κ2) is 7.92. The van der Waals surface area contributed by atoms with Crippen molar-refractivity contribution in [3.8, 4) is 0 Å².